The van der Waals surface area contributed by atoms with Gasteiger partial charge < -0.3 is 5.32 Å². The number of nitrogens with one attached hydrogen (secondary N) is 1. The van der Waals surface area contributed by atoms with Crippen molar-refractivity contribution in [1.82, 2.24) is 5.32 Å². The second kappa shape index (κ2) is 5.94. The van der Waals surface area contributed by atoms with Crippen molar-refractivity contribution < 1.29 is 0 Å². The zero-order valence-electron chi connectivity index (χ0n) is 13.0. The zero-order chi connectivity index (χ0) is 13.2. The minimum atomic E-state index is 0.575. The Balaban J connectivity index is 1.81. The average molecular weight is 251 g/mol. The molecule has 0 amide bonds. The fourth-order valence-electron chi connectivity index (χ4n) is 4.30. The highest BCUT2D eigenvalue weighted by atomic mass is 15.0. The first-order valence-corrected chi connectivity index (χ1v) is 8.24. The molecular weight excluding hydrogens is 218 g/mol. The van der Waals surface area contributed by atoms with Gasteiger partial charge in [0.25, 0.3) is 0 Å². The SMILES string of the molecule is CC1CC(C)(C)CCC1NC(C)C1CCCCC1. The van der Waals surface area contributed by atoms with E-state index < -0.39 is 0 Å². The fourth-order valence-corrected chi connectivity index (χ4v) is 4.30. The molecule has 3 unspecified atom stereocenters. The number of rotatable bonds is 3. The van der Waals surface area contributed by atoms with Crippen molar-refractivity contribution in [3.8, 4) is 0 Å². The van der Waals surface area contributed by atoms with Gasteiger partial charge in [0.15, 0.2) is 0 Å². The van der Waals surface area contributed by atoms with E-state index in [-0.39, 0.29) is 0 Å². The van der Waals surface area contributed by atoms with Crippen molar-refractivity contribution in [3.63, 3.8) is 0 Å². The third kappa shape index (κ3) is 3.73. The standard InChI is InChI=1S/C17H33N/c1-13-12-17(3,4)11-10-16(13)18-14(2)15-8-6-5-7-9-15/h13-16,18H,5-12H2,1-4H3. The highest BCUT2D eigenvalue weighted by molar-refractivity contribution is 4.89. The lowest BCUT2D eigenvalue weighted by atomic mass is 9.70. The van der Waals surface area contributed by atoms with Crippen LogP contribution in [0.5, 0.6) is 0 Å². The smallest absolute Gasteiger partial charge is 0.00956 e. The van der Waals surface area contributed by atoms with Crippen LogP contribution in [0.4, 0.5) is 0 Å². The first kappa shape index (κ1) is 14.4. The van der Waals surface area contributed by atoms with Crippen LogP contribution in [-0.2, 0) is 0 Å². The maximum atomic E-state index is 3.98. The fraction of sp³-hybridized carbons (Fsp3) is 1.00. The largest absolute Gasteiger partial charge is 0.311 e. The third-order valence-corrected chi connectivity index (χ3v) is 5.53. The summed E-state index contributed by atoms with van der Waals surface area (Å²) in [7, 11) is 0. The molecule has 1 N–H and O–H groups in total. The molecule has 0 saturated heterocycles. The van der Waals surface area contributed by atoms with E-state index in [0.717, 1.165) is 23.9 Å². The van der Waals surface area contributed by atoms with E-state index >= 15 is 0 Å². The van der Waals surface area contributed by atoms with E-state index in [9.17, 15) is 0 Å². The molecule has 3 atom stereocenters. The second-order valence-corrected chi connectivity index (χ2v) is 7.84. The molecule has 0 spiro atoms. The molecule has 2 aliphatic carbocycles. The van der Waals surface area contributed by atoms with Crippen LogP contribution in [0.2, 0.25) is 0 Å². The summed E-state index contributed by atoms with van der Waals surface area (Å²) < 4.78 is 0. The van der Waals surface area contributed by atoms with Gasteiger partial charge in [0.2, 0.25) is 0 Å². The van der Waals surface area contributed by atoms with E-state index in [1.54, 1.807) is 0 Å². The summed E-state index contributed by atoms with van der Waals surface area (Å²) in [6, 6.07) is 1.51. The molecule has 2 saturated carbocycles. The molecule has 2 rings (SSSR count). The molecule has 0 aromatic carbocycles. The molecule has 2 fully saturated rings. The van der Waals surface area contributed by atoms with Gasteiger partial charge in [0, 0.05) is 12.1 Å². The highest BCUT2D eigenvalue weighted by Crippen LogP contribution is 2.39. The Morgan fingerprint density at radius 1 is 1.06 bits per heavy atom. The van der Waals surface area contributed by atoms with Gasteiger partial charge in [-0.3, -0.25) is 0 Å². The van der Waals surface area contributed by atoms with Crippen LogP contribution >= 0.6 is 0 Å². The first-order valence-electron chi connectivity index (χ1n) is 8.24. The van der Waals surface area contributed by atoms with Crippen LogP contribution in [0.1, 0.15) is 79.1 Å². The molecule has 1 nitrogen and oxygen atoms in total. The van der Waals surface area contributed by atoms with E-state index in [1.807, 2.05) is 0 Å². The molecule has 0 aromatic heterocycles. The van der Waals surface area contributed by atoms with E-state index in [4.69, 9.17) is 0 Å². The van der Waals surface area contributed by atoms with Crippen LogP contribution in [0.15, 0.2) is 0 Å². The molecule has 0 radical (unpaired) electrons. The van der Waals surface area contributed by atoms with Crippen LogP contribution < -0.4 is 5.32 Å². The van der Waals surface area contributed by atoms with Crippen molar-refractivity contribution in [1.29, 1.82) is 0 Å². The van der Waals surface area contributed by atoms with Gasteiger partial charge in [-0.1, -0.05) is 40.0 Å². The van der Waals surface area contributed by atoms with Gasteiger partial charge >= 0.3 is 0 Å². The van der Waals surface area contributed by atoms with Crippen LogP contribution in [0.25, 0.3) is 0 Å². The lowest BCUT2D eigenvalue weighted by molar-refractivity contribution is 0.130. The average Bonchev–Trinajstić information content (AvgIpc) is 2.33. The number of hydrogen-bond donors (Lipinski definition) is 1. The predicted molar refractivity (Wildman–Crippen MR) is 79.8 cm³/mol. The Kier molecular flexibility index (Phi) is 4.75. The summed E-state index contributed by atoms with van der Waals surface area (Å²) in [6.07, 6.45) is 11.5. The normalized spacial score (nSPS) is 35.3. The predicted octanol–water partition coefficient (Wildman–Crippen LogP) is 4.76. The maximum absolute atomic E-state index is 3.98. The lowest BCUT2D eigenvalue weighted by Crippen LogP contribution is -2.48. The first-order chi connectivity index (χ1) is 8.48. The van der Waals surface area contributed by atoms with Crippen LogP contribution in [0, 0.1) is 17.3 Å². The van der Waals surface area contributed by atoms with Gasteiger partial charge in [-0.25, -0.2) is 0 Å². The van der Waals surface area contributed by atoms with Crippen molar-refractivity contribution >= 4 is 0 Å². The van der Waals surface area contributed by atoms with Gasteiger partial charge in [-0.2, -0.15) is 0 Å². The second-order valence-electron chi connectivity index (χ2n) is 7.84. The topological polar surface area (TPSA) is 12.0 Å². The summed E-state index contributed by atoms with van der Waals surface area (Å²) in [5.74, 6) is 1.79. The van der Waals surface area contributed by atoms with Gasteiger partial charge in [-0.05, 0) is 56.3 Å². The Morgan fingerprint density at radius 3 is 2.33 bits per heavy atom. The van der Waals surface area contributed by atoms with Crippen molar-refractivity contribution in [2.75, 3.05) is 0 Å². The summed E-state index contributed by atoms with van der Waals surface area (Å²) in [6.45, 7) is 9.75. The molecule has 0 heterocycles. The van der Waals surface area contributed by atoms with Crippen molar-refractivity contribution in [3.05, 3.63) is 0 Å². The Labute approximate surface area is 114 Å². The lowest BCUT2D eigenvalue weighted by Gasteiger charge is -2.42. The highest BCUT2D eigenvalue weighted by Gasteiger charge is 2.33. The monoisotopic (exact) mass is 251 g/mol. The van der Waals surface area contributed by atoms with Crippen molar-refractivity contribution in [2.45, 2.75) is 91.1 Å². The maximum Gasteiger partial charge on any atom is 0.00956 e. The van der Waals surface area contributed by atoms with Gasteiger partial charge in [0.05, 0.1) is 0 Å². The summed E-state index contributed by atoms with van der Waals surface area (Å²) >= 11 is 0. The number of hydrogen-bond acceptors (Lipinski definition) is 1. The van der Waals surface area contributed by atoms with Crippen LogP contribution in [0.3, 0.4) is 0 Å². The zero-order valence-corrected chi connectivity index (χ0v) is 13.0. The molecular formula is C17H33N. The minimum absolute atomic E-state index is 0.575. The molecule has 0 bridgehead atoms. The van der Waals surface area contributed by atoms with Gasteiger partial charge in [0.1, 0.15) is 0 Å². The Morgan fingerprint density at radius 2 is 1.72 bits per heavy atom. The Hall–Kier alpha value is -0.0400. The molecule has 18 heavy (non-hydrogen) atoms. The molecule has 1 heteroatoms. The van der Waals surface area contributed by atoms with E-state index in [2.05, 4.69) is 33.0 Å². The van der Waals surface area contributed by atoms with E-state index in [1.165, 1.54) is 51.4 Å². The van der Waals surface area contributed by atoms with E-state index in [0.29, 0.717) is 5.41 Å². The van der Waals surface area contributed by atoms with Gasteiger partial charge in [-0.15, -0.1) is 0 Å². The molecule has 2 aliphatic rings. The third-order valence-electron chi connectivity index (χ3n) is 5.53. The summed E-state index contributed by atoms with van der Waals surface area (Å²) in [4.78, 5) is 0. The quantitative estimate of drug-likeness (QED) is 0.762. The summed E-state index contributed by atoms with van der Waals surface area (Å²) in [5.41, 5.74) is 0.575. The molecule has 0 aliphatic heterocycles. The van der Waals surface area contributed by atoms with Crippen molar-refractivity contribution in [2.24, 2.45) is 17.3 Å². The van der Waals surface area contributed by atoms with Crippen LogP contribution in [-0.4, -0.2) is 12.1 Å². The minimum Gasteiger partial charge on any atom is -0.311 e. The molecule has 106 valence electrons. The molecule has 0 aromatic rings. The Bertz CT molecular complexity index is 252. The summed E-state index contributed by atoms with van der Waals surface area (Å²) in [5, 5.41) is 3.98.